The highest BCUT2D eigenvalue weighted by atomic mass is 35.5. The molecule has 2 aromatic carbocycles. The van der Waals surface area contributed by atoms with Crippen LogP contribution in [0.1, 0.15) is 15.2 Å². The third-order valence-electron chi connectivity index (χ3n) is 3.71. The molecule has 0 fully saturated rings. The number of methoxy groups -OCH3 is 1. The van der Waals surface area contributed by atoms with Crippen molar-refractivity contribution >= 4 is 50.3 Å². The Balaban J connectivity index is 1.92. The lowest BCUT2D eigenvalue weighted by molar-refractivity contribution is -0.384. The van der Waals surface area contributed by atoms with Gasteiger partial charge in [0, 0.05) is 27.9 Å². The van der Waals surface area contributed by atoms with E-state index in [0.29, 0.717) is 26.9 Å². The van der Waals surface area contributed by atoms with E-state index in [2.05, 4.69) is 5.32 Å². The molecule has 1 heterocycles. The maximum absolute atomic E-state index is 12.6. The zero-order valence-electron chi connectivity index (χ0n) is 13.3. The molecule has 25 heavy (non-hydrogen) atoms. The Morgan fingerprint density at radius 1 is 1.28 bits per heavy atom. The number of non-ortho nitro benzene ring substituents is 1. The standard InChI is InChI=1S/C17H13ClN2O4S/c1-9-7-10(20(22)23)3-6-13(9)19-17(21)16-15(18)12-5-4-11(24-2)8-14(12)25-16/h3-8H,1-2H3,(H,19,21). The average Bonchev–Trinajstić information content (AvgIpc) is 2.92. The number of nitrogens with zero attached hydrogens (tertiary/aromatic N) is 1. The van der Waals surface area contributed by atoms with E-state index >= 15 is 0 Å². The van der Waals surface area contributed by atoms with Gasteiger partial charge in [0.15, 0.2) is 0 Å². The fourth-order valence-corrected chi connectivity index (χ4v) is 3.84. The first-order valence-corrected chi connectivity index (χ1v) is 8.42. The molecule has 0 saturated carbocycles. The van der Waals surface area contributed by atoms with Crippen LogP contribution in [0.25, 0.3) is 10.1 Å². The number of rotatable bonds is 4. The summed E-state index contributed by atoms with van der Waals surface area (Å²) in [6.45, 7) is 1.69. The number of hydrogen-bond acceptors (Lipinski definition) is 5. The number of carbonyl (C=O) groups excluding carboxylic acids is 1. The molecule has 0 aliphatic heterocycles. The molecule has 8 heteroatoms. The summed E-state index contributed by atoms with van der Waals surface area (Å²) in [7, 11) is 1.57. The summed E-state index contributed by atoms with van der Waals surface area (Å²) in [6, 6.07) is 9.67. The van der Waals surface area contributed by atoms with E-state index in [1.165, 1.54) is 29.5 Å². The molecule has 0 atom stereocenters. The summed E-state index contributed by atoms with van der Waals surface area (Å²) in [4.78, 5) is 23.3. The van der Waals surface area contributed by atoms with Gasteiger partial charge in [0.25, 0.3) is 11.6 Å². The highest BCUT2D eigenvalue weighted by Crippen LogP contribution is 2.37. The van der Waals surface area contributed by atoms with Crippen LogP contribution in [0.2, 0.25) is 5.02 Å². The van der Waals surface area contributed by atoms with Crippen molar-refractivity contribution in [2.45, 2.75) is 6.92 Å². The summed E-state index contributed by atoms with van der Waals surface area (Å²) in [5.74, 6) is 0.325. The molecular formula is C17H13ClN2O4S. The van der Waals surface area contributed by atoms with Gasteiger partial charge in [0.1, 0.15) is 10.6 Å². The Morgan fingerprint density at radius 2 is 2.04 bits per heavy atom. The van der Waals surface area contributed by atoms with Crippen LogP contribution in [0.4, 0.5) is 11.4 Å². The van der Waals surface area contributed by atoms with Crippen LogP contribution in [-0.4, -0.2) is 17.9 Å². The number of anilines is 1. The predicted molar refractivity (Wildman–Crippen MR) is 99.2 cm³/mol. The van der Waals surface area contributed by atoms with Crippen LogP contribution in [0.3, 0.4) is 0 Å². The van der Waals surface area contributed by atoms with Crippen LogP contribution in [0.15, 0.2) is 36.4 Å². The van der Waals surface area contributed by atoms with Crippen molar-refractivity contribution in [2.75, 3.05) is 12.4 Å². The van der Waals surface area contributed by atoms with Gasteiger partial charge in [-0.3, -0.25) is 14.9 Å². The average molecular weight is 377 g/mol. The number of fused-ring (bicyclic) bond motifs is 1. The minimum absolute atomic E-state index is 0.0255. The number of halogens is 1. The Bertz CT molecular complexity index is 1000. The van der Waals surface area contributed by atoms with Crippen LogP contribution in [-0.2, 0) is 0 Å². The number of nitro groups is 1. The van der Waals surface area contributed by atoms with E-state index < -0.39 is 4.92 Å². The lowest BCUT2D eigenvalue weighted by atomic mass is 10.1. The van der Waals surface area contributed by atoms with E-state index in [4.69, 9.17) is 16.3 Å². The van der Waals surface area contributed by atoms with Crippen molar-refractivity contribution in [1.29, 1.82) is 0 Å². The number of aryl methyl sites for hydroxylation is 1. The van der Waals surface area contributed by atoms with Gasteiger partial charge in [0.05, 0.1) is 17.1 Å². The van der Waals surface area contributed by atoms with Gasteiger partial charge in [-0.05, 0) is 36.8 Å². The number of ether oxygens (including phenoxy) is 1. The van der Waals surface area contributed by atoms with Gasteiger partial charge in [-0.15, -0.1) is 11.3 Å². The molecule has 1 N–H and O–H groups in total. The molecule has 0 aliphatic rings. The Kier molecular flexibility index (Phi) is 4.61. The molecule has 1 amide bonds. The molecule has 0 radical (unpaired) electrons. The Hall–Kier alpha value is -2.64. The number of hydrogen-bond donors (Lipinski definition) is 1. The van der Waals surface area contributed by atoms with Gasteiger partial charge in [0.2, 0.25) is 0 Å². The number of amides is 1. The fourth-order valence-electron chi connectivity index (χ4n) is 2.40. The molecule has 0 bridgehead atoms. The molecule has 1 aromatic heterocycles. The number of thiophene rings is 1. The minimum atomic E-state index is -0.477. The predicted octanol–water partition coefficient (Wildman–Crippen LogP) is 5.03. The maximum atomic E-state index is 12.6. The number of nitro benzene ring substituents is 1. The summed E-state index contributed by atoms with van der Waals surface area (Å²) >= 11 is 7.60. The molecule has 0 saturated heterocycles. The fraction of sp³-hybridized carbons (Fsp3) is 0.118. The first-order valence-electron chi connectivity index (χ1n) is 7.23. The second-order valence-corrected chi connectivity index (χ2v) is 6.75. The second-order valence-electron chi connectivity index (χ2n) is 5.32. The highest BCUT2D eigenvalue weighted by Gasteiger charge is 2.19. The van der Waals surface area contributed by atoms with Gasteiger partial charge in [-0.2, -0.15) is 0 Å². The molecule has 3 aromatic rings. The second kappa shape index (κ2) is 6.70. The lowest BCUT2D eigenvalue weighted by Crippen LogP contribution is -2.11. The van der Waals surface area contributed by atoms with E-state index in [1.807, 2.05) is 6.07 Å². The van der Waals surface area contributed by atoms with E-state index in [-0.39, 0.29) is 11.6 Å². The van der Waals surface area contributed by atoms with Crippen LogP contribution in [0.5, 0.6) is 5.75 Å². The third-order valence-corrected chi connectivity index (χ3v) is 5.37. The molecule has 6 nitrogen and oxygen atoms in total. The van der Waals surface area contributed by atoms with Gasteiger partial charge in [-0.1, -0.05) is 11.6 Å². The van der Waals surface area contributed by atoms with Crippen LogP contribution < -0.4 is 10.1 Å². The third kappa shape index (κ3) is 3.29. The Morgan fingerprint density at radius 3 is 2.68 bits per heavy atom. The first kappa shape index (κ1) is 17.2. The molecule has 0 aliphatic carbocycles. The zero-order valence-corrected chi connectivity index (χ0v) is 14.9. The maximum Gasteiger partial charge on any atom is 0.269 e. The summed E-state index contributed by atoms with van der Waals surface area (Å²) in [5, 5.41) is 14.7. The highest BCUT2D eigenvalue weighted by molar-refractivity contribution is 7.21. The summed E-state index contributed by atoms with van der Waals surface area (Å²) < 4.78 is 6.02. The van der Waals surface area contributed by atoms with Crippen molar-refractivity contribution in [3.8, 4) is 5.75 Å². The van der Waals surface area contributed by atoms with Crippen molar-refractivity contribution in [1.82, 2.24) is 0 Å². The van der Waals surface area contributed by atoms with Gasteiger partial charge in [-0.25, -0.2) is 0 Å². The van der Waals surface area contributed by atoms with E-state index in [1.54, 1.807) is 26.2 Å². The summed E-state index contributed by atoms with van der Waals surface area (Å²) in [6.07, 6.45) is 0. The van der Waals surface area contributed by atoms with Crippen molar-refractivity contribution in [2.24, 2.45) is 0 Å². The van der Waals surface area contributed by atoms with Crippen LogP contribution >= 0.6 is 22.9 Å². The largest absolute Gasteiger partial charge is 0.497 e. The quantitative estimate of drug-likeness (QED) is 0.511. The van der Waals surface area contributed by atoms with Crippen molar-refractivity contribution in [3.05, 3.63) is 62.0 Å². The number of benzene rings is 2. The monoisotopic (exact) mass is 376 g/mol. The van der Waals surface area contributed by atoms with Crippen LogP contribution in [0, 0.1) is 17.0 Å². The lowest BCUT2D eigenvalue weighted by Gasteiger charge is -2.07. The number of nitrogens with one attached hydrogen (secondary N) is 1. The van der Waals surface area contributed by atoms with Crippen molar-refractivity contribution in [3.63, 3.8) is 0 Å². The summed E-state index contributed by atoms with van der Waals surface area (Å²) in [5.41, 5.74) is 1.07. The van der Waals surface area contributed by atoms with Gasteiger partial charge >= 0.3 is 0 Å². The number of carbonyl (C=O) groups is 1. The minimum Gasteiger partial charge on any atom is -0.497 e. The van der Waals surface area contributed by atoms with E-state index in [0.717, 1.165) is 10.1 Å². The smallest absolute Gasteiger partial charge is 0.269 e. The molecular weight excluding hydrogens is 364 g/mol. The zero-order chi connectivity index (χ0) is 18.1. The first-order chi connectivity index (χ1) is 11.9. The molecule has 3 rings (SSSR count). The Labute approximate surface area is 152 Å². The molecule has 0 spiro atoms. The molecule has 0 unspecified atom stereocenters. The van der Waals surface area contributed by atoms with Crippen molar-refractivity contribution < 1.29 is 14.5 Å². The van der Waals surface area contributed by atoms with E-state index in [9.17, 15) is 14.9 Å². The van der Waals surface area contributed by atoms with Gasteiger partial charge < -0.3 is 10.1 Å². The topological polar surface area (TPSA) is 81.5 Å². The molecule has 128 valence electrons. The SMILES string of the molecule is COc1ccc2c(Cl)c(C(=O)Nc3ccc([N+](=O)[O-])cc3C)sc2c1. The normalized spacial score (nSPS) is 10.7.